The lowest BCUT2D eigenvalue weighted by atomic mass is 10.1. The first-order valence-electron chi connectivity index (χ1n) is 5.21. The number of hydrogen-bond acceptors (Lipinski definition) is 2. The lowest BCUT2D eigenvalue weighted by Crippen LogP contribution is -2.02. The molecule has 0 fully saturated rings. The summed E-state index contributed by atoms with van der Waals surface area (Å²) >= 11 is 0. The predicted octanol–water partition coefficient (Wildman–Crippen LogP) is 2.52. The Labute approximate surface area is 95.1 Å². The Kier molecular flexibility index (Phi) is 3.57. The van der Waals surface area contributed by atoms with Gasteiger partial charge in [-0.15, -0.1) is 0 Å². The Balaban J connectivity index is 2.33. The van der Waals surface area contributed by atoms with Gasteiger partial charge in [0.2, 0.25) is 0 Å². The summed E-state index contributed by atoms with van der Waals surface area (Å²) in [5.74, 6) is 0.777. The van der Waals surface area contributed by atoms with Crippen molar-refractivity contribution in [2.75, 3.05) is 13.2 Å². The van der Waals surface area contributed by atoms with Crippen molar-refractivity contribution >= 4 is 0 Å². The molecule has 2 rings (SSSR count). The molecule has 0 aromatic heterocycles. The molecule has 0 aliphatic carbocycles. The molecule has 0 spiro atoms. The van der Waals surface area contributed by atoms with E-state index in [1.807, 2.05) is 48.5 Å². The predicted molar refractivity (Wildman–Crippen MR) is 63.3 cm³/mol. The summed E-state index contributed by atoms with van der Waals surface area (Å²) in [5, 5.41) is 8.76. The number of benzene rings is 2. The first-order valence-corrected chi connectivity index (χ1v) is 5.21. The minimum absolute atomic E-state index is 0.0207. The van der Waals surface area contributed by atoms with Crippen molar-refractivity contribution in [3.8, 4) is 16.9 Å². The van der Waals surface area contributed by atoms with Gasteiger partial charge in [0.15, 0.2) is 0 Å². The van der Waals surface area contributed by atoms with Gasteiger partial charge in [0.25, 0.3) is 0 Å². The molecule has 0 saturated heterocycles. The zero-order chi connectivity index (χ0) is 11.2. The Hall–Kier alpha value is -1.80. The second-order valence-corrected chi connectivity index (χ2v) is 3.34. The molecule has 0 aliphatic heterocycles. The van der Waals surface area contributed by atoms with Gasteiger partial charge < -0.3 is 9.84 Å². The van der Waals surface area contributed by atoms with E-state index < -0.39 is 0 Å². The van der Waals surface area contributed by atoms with Crippen LogP contribution in [0.2, 0.25) is 0 Å². The first-order chi connectivity index (χ1) is 7.92. The van der Waals surface area contributed by atoms with Gasteiger partial charge in [0.1, 0.15) is 12.4 Å². The molecular formula is C14H13O2. The maximum absolute atomic E-state index is 8.76. The van der Waals surface area contributed by atoms with E-state index in [4.69, 9.17) is 9.84 Å². The molecule has 1 N–H and O–H groups in total. The Morgan fingerprint density at radius 2 is 1.88 bits per heavy atom. The zero-order valence-corrected chi connectivity index (χ0v) is 8.89. The molecule has 2 nitrogen and oxygen atoms in total. The van der Waals surface area contributed by atoms with Crippen LogP contribution in [0.3, 0.4) is 0 Å². The fraction of sp³-hybridized carbons (Fsp3) is 0.143. The summed E-state index contributed by atoms with van der Waals surface area (Å²) in [7, 11) is 0. The van der Waals surface area contributed by atoms with Gasteiger partial charge in [0.05, 0.1) is 6.61 Å². The summed E-state index contributed by atoms with van der Waals surface area (Å²) in [5.41, 5.74) is 1.99. The van der Waals surface area contributed by atoms with Gasteiger partial charge in [-0.1, -0.05) is 42.5 Å². The molecule has 0 bridgehead atoms. The average molecular weight is 213 g/mol. The molecule has 2 aromatic carbocycles. The highest BCUT2D eigenvalue weighted by molar-refractivity contribution is 5.69. The second-order valence-electron chi connectivity index (χ2n) is 3.34. The second kappa shape index (κ2) is 5.33. The normalized spacial score (nSPS) is 10.1. The highest BCUT2D eigenvalue weighted by Crippen LogP contribution is 2.28. The van der Waals surface area contributed by atoms with E-state index in [1.165, 1.54) is 0 Å². The maximum atomic E-state index is 8.76. The Morgan fingerprint density at radius 1 is 1.06 bits per heavy atom. The highest BCUT2D eigenvalue weighted by atomic mass is 16.5. The number of aliphatic hydroxyl groups is 1. The molecule has 0 heterocycles. The van der Waals surface area contributed by atoms with Gasteiger partial charge in [-0.3, -0.25) is 0 Å². The van der Waals surface area contributed by atoms with E-state index in [1.54, 1.807) is 0 Å². The maximum Gasteiger partial charge on any atom is 0.127 e. The standard InChI is InChI=1S/C14H13O2/c15-10-11-16-14-9-5-4-8-13(14)12-6-2-1-3-7-12/h1-6,8-9,15H,10-11H2. The molecule has 0 unspecified atom stereocenters. The molecule has 81 valence electrons. The molecule has 0 aliphatic rings. The van der Waals surface area contributed by atoms with E-state index in [0.717, 1.165) is 16.9 Å². The van der Waals surface area contributed by atoms with E-state index in [-0.39, 0.29) is 6.61 Å². The first kappa shape index (κ1) is 10.7. The van der Waals surface area contributed by atoms with Crippen LogP contribution in [-0.4, -0.2) is 18.3 Å². The zero-order valence-electron chi connectivity index (χ0n) is 8.89. The third-order valence-corrected chi connectivity index (χ3v) is 2.24. The smallest absolute Gasteiger partial charge is 0.127 e. The average Bonchev–Trinajstić information content (AvgIpc) is 2.38. The molecule has 2 aromatic rings. The summed E-state index contributed by atoms with van der Waals surface area (Å²) < 4.78 is 5.47. The van der Waals surface area contributed by atoms with Crippen LogP contribution < -0.4 is 4.74 Å². The molecule has 1 radical (unpaired) electrons. The molecular weight excluding hydrogens is 200 g/mol. The van der Waals surface area contributed by atoms with Crippen molar-refractivity contribution < 1.29 is 9.84 Å². The van der Waals surface area contributed by atoms with Crippen LogP contribution in [0, 0.1) is 6.07 Å². The molecule has 2 heteroatoms. The molecule has 0 saturated carbocycles. The number of aliphatic hydroxyl groups excluding tert-OH is 1. The van der Waals surface area contributed by atoms with Crippen LogP contribution in [0.25, 0.3) is 11.1 Å². The quantitative estimate of drug-likeness (QED) is 0.845. The Morgan fingerprint density at radius 3 is 2.62 bits per heavy atom. The van der Waals surface area contributed by atoms with Crippen molar-refractivity contribution in [3.05, 3.63) is 54.6 Å². The summed E-state index contributed by atoms with van der Waals surface area (Å²) in [6, 6.07) is 18.7. The van der Waals surface area contributed by atoms with Crippen LogP contribution >= 0.6 is 0 Å². The van der Waals surface area contributed by atoms with Gasteiger partial charge >= 0.3 is 0 Å². The van der Waals surface area contributed by atoms with Crippen LogP contribution in [0.5, 0.6) is 5.75 Å². The van der Waals surface area contributed by atoms with Crippen LogP contribution in [0.4, 0.5) is 0 Å². The van der Waals surface area contributed by atoms with Crippen LogP contribution in [-0.2, 0) is 0 Å². The van der Waals surface area contributed by atoms with E-state index >= 15 is 0 Å². The van der Waals surface area contributed by atoms with Gasteiger partial charge in [-0.05, 0) is 17.7 Å². The van der Waals surface area contributed by atoms with Crippen molar-refractivity contribution in [1.29, 1.82) is 0 Å². The number of ether oxygens (including phenoxy) is 1. The number of rotatable bonds is 4. The van der Waals surface area contributed by atoms with Crippen molar-refractivity contribution in [3.63, 3.8) is 0 Å². The van der Waals surface area contributed by atoms with E-state index in [0.29, 0.717) is 6.61 Å². The van der Waals surface area contributed by atoms with Gasteiger partial charge in [-0.2, -0.15) is 0 Å². The minimum atomic E-state index is 0.0207. The fourth-order valence-electron chi connectivity index (χ4n) is 1.53. The number of para-hydroxylation sites is 1. The third-order valence-electron chi connectivity index (χ3n) is 2.24. The van der Waals surface area contributed by atoms with E-state index in [2.05, 4.69) is 6.07 Å². The number of hydrogen-bond donors (Lipinski definition) is 1. The molecule has 0 atom stereocenters. The summed E-state index contributed by atoms with van der Waals surface area (Å²) in [4.78, 5) is 0. The van der Waals surface area contributed by atoms with Crippen molar-refractivity contribution in [2.24, 2.45) is 0 Å². The highest BCUT2D eigenvalue weighted by Gasteiger charge is 2.04. The van der Waals surface area contributed by atoms with Gasteiger partial charge in [0, 0.05) is 5.56 Å². The fourth-order valence-corrected chi connectivity index (χ4v) is 1.53. The largest absolute Gasteiger partial charge is 0.491 e. The minimum Gasteiger partial charge on any atom is -0.491 e. The van der Waals surface area contributed by atoms with Crippen LogP contribution in [0.1, 0.15) is 0 Å². The molecule has 0 amide bonds. The Bertz CT molecular complexity index is 437. The topological polar surface area (TPSA) is 29.5 Å². The lowest BCUT2D eigenvalue weighted by Gasteiger charge is -2.10. The molecule has 16 heavy (non-hydrogen) atoms. The monoisotopic (exact) mass is 213 g/mol. The van der Waals surface area contributed by atoms with E-state index in [9.17, 15) is 0 Å². The third kappa shape index (κ3) is 2.41. The summed E-state index contributed by atoms with van der Waals surface area (Å²) in [6.07, 6.45) is 0. The van der Waals surface area contributed by atoms with Crippen LogP contribution in [0.15, 0.2) is 48.5 Å². The van der Waals surface area contributed by atoms with Gasteiger partial charge in [-0.25, -0.2) is 0 Å². The van der Waals surface area contributed by atoms with Crippen molar-refractivity contribution in [1.82, 2.24) is 0 Å². The lowest BCUT2D eigenvalue weighted by molar-refractivity contribution is 0.202. The van der Waals surface area contributed by atoms with Crippen molar-refractivity contribution in [2.45, 2.75) is 0 Å². The SMILES string of the molecule is OCCOc1ccccc1-c1[c]cccc1. The summed E-state index contributed by atoms with van der Waals surface area (Å²) in [6.45, 7) is 0.330.